The first-order valence-corrected chi connectivity index (χ1v) is 8.39. The number of hydrogen-bond donors (Lipinski definition) is 1. The SMILES string of the molecule is CCCc1c(C)c(N)c(-c2ccc(Cl)c(C)c2)c(C)c1Br. The first kappa shape index (κ1) is 16.4. The highest BCUT2D eigenvalue weighted by Gasteiger charge is 2.17. The van der Waals surface area contributed by atoms with Crippen LogP contribution in [0.2, 0.25) is 5.02 Å². The van der Waals surface area contributed by atoms with E-state index >= 15 is 0 Å². The van der Waals surface area contributed by atoms with Crippen LogP contribution in [-0.4, -0.2) is 0 Å². The Kier molecular flexibility index (Phi) is 5.00. The molecule has 21 heavy (non-hydrogen) atoms. The minimum absolute atomic E-state index is 0.786. The lowest BCUT2D eigenvalue weighted by Crippen LogP contribution is -2.03. The van der Waals surface area contributed by atoms with Crippen molar-refractivity contribution < 1.29 is 0 Å². The Labute approximate surface area is 140 Å². The number of aryl methyl sites for hydroxylation is 1. The molecular weight excluding hydrogens is 346 g/mol. The van der Waals surface area contributed by atoms with Gasteiger partial charge in [-0.2, -0.15) is 0 Å². The van der Waals surface area contributed by atoms with Crippen molar-refractivity contribution >= 4 is 33.2 Å². The van der Waals surface area contributed by atoms with Crippen molar-refractivity contribution in [3.8, 4) is 11.1 Å². The highest BCUT2D eigenvalue weighted by molar-refractivity contribution is 9.10. The standard InChI is InChI=1S/C18H21BrClN/c1-5-6-14-11(3)18(21)16(12(4)17(14)19)13-7-8-15(20)10(2)9-13/h7-9H,5-6,21H2,1-4H3. The maximum absolute atomic E-state index is 6.45. The van der Waals surface area contributed by atoms with Gasteiger partial charge in [0.15, 0.2) is 0 Å². The van der Waals surface area contributed by atoms with Crippen LogP contribution in [0.3, 0.4) is 0 Å². The van der Waals surface area contributed by atoms with Crippen LogP contribution >= 0.6 is 27.5 Å². The van der Waals surface area contributed by atoms with Gasteiger partial charge in [-0.15, -0.1) is 0 Å². The molecule has 0 atom stereocenters. The lowest BCUT2D eigenvalue weighted by Gasteiger charge is -2.19. The molecule has 0 bridgehead atoms. The van der Waals surface area contributed by atoms with E-state index in [-0.39, 0.29) is 0 Å². The summed E-state index contributed by atoms with van der Waals surface area (Å²) in [5.74, 6) is 0. The average molecular weight is 367 g/mol. The molecule has 0 aromatic heterocycles. The molecule has 2 aromatic carbocycles. The Balaban J connectivity index is 2.72. The number of hydrogen-bond acceptors (Lipinski definition) is 1. The summed E-state index contributed by atoms with van der Waals surface area (Å²) in [4.78, 5) is 0. The first-order valence-electron chi connectivity index (χ1n) is 7.22. The maximum atomic E-state index is 6.45. The van der Waals surface area contributed by atoms with Gasteiger partial charge in [0.25, 0.3) is 0 Å². The summed E-state index contributed by atoms with van der Waals surface area (Å²) in [6.07, 6.45) is 2.15. The summed E-state index contributed by atoms with van der Waals surface area (Å²) >= 11 is 9.90. The van der Waals surface area contributed by atoms with E-state index in [4.69, 9.17) is 17.3 Å². The summed E-state index contributed by atoms with van der Waals surface area (Å²) in [6.45, 7) is 8.44. The molecular formula is C18H21BrClN. The minimum atomic E-state index is 0.786. The molecule has 3 heteroatoms. The van der Waals surface area contributed by atoms with Gasteiger partial charge in [-0.05, 0) is 67.1 Å². The molecule has 112 valence electrons. The van der Waals surface area contributed by atoms with Gasteiger partial charge in [0.1, 0.15) is 0 Å². The van der Waals surface area contributed by atoms with Crippen molar-refractivity contribution in [2.75, 3.05) is 5.73 Å². The van der Waals surface area contributed by atoms with Crippen LogP contribution in [0.1, 0.15) is 35.6 Å². The van der Waals surface area contributed by atoms with Crippen molar-refractivity contribution in [3.05, 3.63) is 49.9 Å². The third-order valence-electron chi connectivity index (χ3n) is 4.04. The van der Waals surface area contributed by atoms with Gasteiger partial charge in [0.2, 0.25) is 0 Å². The maximum Gasteiger partial charge on any atom is 0.0435 e. The second-order valence-corrected chi connectivity index (χ2v) is 6.75. The number of nitrogens with two attached hydrogens (primary N) is 1. The Morgan fingerprint density at radius 2 is 1.81 bits per heavy atom. The monoisotopic (exact) mass is 365 g/mol. The Morgan fingerprint density at radius 1 is 1.14 bits per heavy atom. The van der Waals surface area contributed by atoms with E-state index < -0.39 is 0 Å². The molecule has 0 unspecified atom stereocenters. The van der Waals surface area contributed by atoms with Crippen LogP contribution in [0.5, 0.6) is 0 Å². The molecule has 0 saturated carbocycles. The summed E-state index contributed by atoms with van der Waals surface area (Å²) in [5.41, 5.74) is 14.3. The third-order valence-corrected chi connectivity index (χ3v) is 5.54. The zero-order valence-electron chi connectivity index (χ0n) is 13.0. The fourth-order valence-corrected chi connectivity index (χ4v) is 3.58. The second-order valence-electron chi connectivity index (χ2n) is 5.55. The molecule has 2 rings (SSSR count). The molecule has 0 radical (unpaired) electrons. The normalized spacial score (nSPS) is 11.0. The number of halogens is 2. The van der Waals surface area contributed by atoms with Gasteiger partial charge in [0, 0.05) is 20.7 Å². The fourth-order valence-electron chi connectivity index (χ4n) is 2.77. The van der Waals surface area contributed by atoms with E-state index in [1.54, 1.807) is 0 Å². The topological polar surface area (TPSA) is 26.0 Å². The van der Waals surface area contributed by atoms with Crippen molar-refractivity contribution in [1.29, 1.82) is 0 Å². The lowest BCUT2D eigenvalue weighted by molar-refractivity contribution is 0.906. The highest BCUT2D eigenvalue weighted by atomic mass is 79.9. The minimum Gasteiger partial charge on any atom is -0.398 e. The molecule has 0 heterocycles. The zero-order valence-corrected chi connectivity index (χ0v) is 15.3. The molecule has 0 aliphatic rings. The largest absolute Gasteiger partial charge is 0.398 e. The van der Waals surface area contributed by atoms with Gasteiger partial charge < -0.3 is 5.73 Å². The second kappa shape index (κ2) is 6.41. The number of benzene rings is 2. The third kappa shape index (κ3) is 2.97. The lowest BCUT2D eigenvalue weighted by atomic mass is 9.90. The van der Waals surface area contributed by atoms with Crippen LogP contribution in [0, 0.1) is 20.8 Å². The molecule has 0 aliphatic carbocycles. The Bertz CT molecular complexity index is 663. The molecule has 0 amide bonds. The quantitative estimate of drug-likeness (QED) is 0.640. The van der Waals surface area contributed by atoms with E-state index in [0.717, 1.165) is 40.2 Å². The molecule has 0 saturated heterocycles. The van der Waals surface area contributed by atoms with E-state index in [1.165, 1.54) is 21.2 Å². The van der Waals surface area contributed by atoms with E-state index in [1.807, 2.05) is 19.1 Å². The molecule has 2 aromatic rings. The predicted octanol–water partition coefficient (Wildman–Crippen LogP) is 6.23. The van der Waals surface area contributed by atoms with E-state index in [2.05, 4.69) is 42.8 Å². The molecule has 1 nitrogen and oxygen atoms in total. The fraction of sp³-hybridized carbons (Fsp3) is 0.333. The molecule has 2 N–H and O–H groups in total. The van der Waals surface area contributed by atoms with Crippen LogP contribution in [0.15, 0.2) is 22.7 Å². The van der Waals surface area contributed by atoms with Crippen LogP contribution in [0.4, 0.5) is 5.69 Å². The van der Waals surface area contributed by atoms with Gasteiger partial charge in [0.05, 0.1) is 0 Å². The summed E-state index contributed by atoms with van der Waals surface area (Å²) in [7, 11) is 0. The Hall–Kier alpha value is -0.990. The smallest absolute Gasteiger partial charge is 0.0435 e. The summed E-state index contributed by atoms with van der Waals surface area (Å²) < 4.78 is 1.18. The molecule has 0 fully saturated rings. The highest BCUT2D eigenvalue weighted by Crippen LogP contribution is 2.40. The number of anilines is 1. The summed E-state index contributed by atoms with van der Waals surface area (Å²) in [5, 5.41) is 0.786. The zero-order chi connectivity index (χ0) is 15.7. The van der Waals surface area contributed by atoms with Crippen LogP contribution in [-0.2, 0) is 6.42 Å². The average Bonchev–Trinajstić information content (AvgIpc) is 2.45. The van der Waals surface area contributed by atoms with Crippen molar-refractivity contribution in [1.82, 2.24) is 0 Å². The molecule has 0 aliphatic heterocycles. The van der Waals surface area contributed by atoms with Gasteiger partial charge in [-0.25, -0.2) is 0 Å². The Morgan fingerprint density at radius 3 is 2.38 bits per heavy atom. The summed E-state index contributed by atoms with van der Waals surface area (Å²) in [6, 6.07) is 6.08. The first-order chi connectivity index (χ1) is 9.88. The van der Waals surface area contributed by atoms with E-state index in [0.29, 0.717) is 0 Å². The van der Waals surface area contributed by atoms with Crippen molar-refractivity contribution in [3.63, 3.8) is 0 Å². The van der Waals surface area contributed by atoms with Gasteiger partial charge in [-0.3, -0.25) is 0 Å². The van der Waals surface area contributed by atoms with Crippen LogP contribution < -0.4 is 5.73 Å². The van der Waals surface area contributed by atoms with Gasteiger partial charge in [-0.1, -0.05) is 46.9 Å². The van der Waals surface area contributed by atoms with Crippen molar-refractivity contribution in [2.45, 2.75) is 40.5 Å². The number of rotatable bonds is 3. The predicted molar refractivity (Wildman–Crippen MR) is 97.2 cm³/mol. The van der Waals surface area contributed by atoms with Crippen LogP contribution in [0.25, 0.3) is 11.1 Å². The van der Waals surface area contributed by atoms with Crippen molar-refractivity contribution in [2.24, 2.45) is 0 Å². The van der Waals surface area contributed by atoms with Gasteiger partial charge >= 0.3 is 0 Å². The van der Waals surface area contributed by atoms with E-state index in [9.17, 15) is 0 Å². The molecule has 0 spiro atoms. The number of nitrogen functional groups attached to an aromatic ring is 1.